The fourth-order valence-electron chi connectivity index (χ4n) is 2.53. The van der Waals surface area contributed by atoms with Crippen LogP contribution < -0.4 is 4.74 Å². The quantitative estimate of drug-likeness (QED) is 0.613. The Kier molecular flexibility index (Phi) is 6.16. The summed E-state index contributed by atoms with van der Waals surface area (Å²) >= 11 is 1.25. The molecular weight excluding hydrogens is 374 g/mol. The molecule has 6 nitrogen and oxygen atoms in total. The number of carbonyl (C=O) groups is 1. The van der Waals surface area contributed by atoms with Crippen molar-refractivity contribution < 1.29 is 14.6 Å². The SMILES string of the molecule is CCOc1cc(/C=C2\SC(=NC)N(/N=C/c3ccc(C)cc3)C2=O)ccc1O. The molecule has 1 fully saturated rings. The van der Waals surface area contributed by atoms with Gasteiger partial charge in [0, 0.05) is 7.05 Å². The number of amides is 1. The number of nitrogens with zero attached hydrogens (tertiary/aromatic N) is 3. The average Bonchev–Trinajstić information content (AvgIpc) is 2.99. The molecule has 0 spiro atoms. The first-order valence-electron chi connectivity index (χ1n) is 8.79. The summed E-state index contributed by atoms with van der Waals surface area (Å²) in [5.74, 6) is 0.195. The van der Waals surface area contributed by atoms with Crippen molar-refractivity contribution in [2.75, 3.05) is 13.7 Å². The van der Waals surface area contributed by atoms with Crippen LogP contribution in [-0.2, 0) is 4.79 Å². The number of phenols is 1. The van der Waals surface area contributed by atoms with E-state index in [2.05, 4.69) is 10.1 Å². The van der Waals surface area contributed by atoms with Crippen molar-refractivity contribution in [3.05, 3.63) is 64.1 Å². The first-order chi connectivity index (χ1) is 13.5. The number of aliphatic imine (C=N–C) groups is 1. The van der Waals surface area contributed by atoms with Gasteiger partial charge in [0.15, 0.2) is 16.7 Å². The third-order valence-corrected chi connectivity index (χ3v) is 5.01. The topological polar surface area (TPSA) is 74.5 Å². The maximum atomic E-state index is 12.8. The molecule has 0 aromatic heterocycles. The van der Waals surface area contributed by atoms with Crippen LogP contribution in [0.5, 0.6) is 11.5 Å². The van der Waals surface area contributed by atoms with Gasteiger partial charge in [-0.2, -0.15) is 10.1 Å². The Bertz CT molecular complexity index is 965. The molecule has 7 heteroatoms. The Balaban J connectivity index is 1.85. The van der Waals surface area contributed by atoms with E-state index < -0.39 is 0 Å². The molecule has 28 heavy (non-hydrogen) atoms. The Labute approximate surface area is 168 Å². The second kappa shape index (κ2) is 8.75. The van der Waals surface area contributed by atoms with Gasteiger partial charge < -0.3 is 9.84 Å². The lowest BCUT2D eigenvalue weighted by molar-refractivity contribution is -0.122. The molecule has 1 heterocycles. The number of thioether (sulfide) groups is 1. The van der Waals surface area contributed by atoms with Crippen molar-refractivity contribution >= 4 is 35.1 Å². The van der Waals surface area contributed by atoms with E-state index in [1.54, 1.807) is 37.5 Å². The molecule has 0 aliphatic carbocycles. The van der Waals surface area contributed by atoms with Gasteiger partial charge in [-0.05, 0) is 54.9 Å². The van der Waals surface area contributed by atoms with Gasteiger partial charge in [0.1, 0.15) is 0 Å². The summed E-state index contributed by atoms with van der Waals surface area (Å²) in [5, 5.41) is 15.9. The number of hydrogen-bond acceptors (Lipinski definition) is 6. The van der Waals surface area contributed by atoms with Crippen LogP contribution in [0.15, 0.2) is 57.5 Å². The fourth-order valence-corrected chi connectivity index (χ4v) is 3.40. The summed E-state index contributed by atoms with van der Waals surface area (Å²) in [4.78, 5) is 17.5. The first kappa shape index (κ1) is 19.7. The van der Waals surface area contributed by atoms with Crippen molar-refractivity contribution in [1.29, 1.82) is 0 Å². The highest BCUT2D eigenvalue weighted by molar-refractivity contribution is 8.18. The number of hydrazone groups is 1. The summed E-state index contributed by atoms with van der Waals surface area (Å²) in [6, 6.07) is 12.8. The third kappa shape index (κ3) is 4.43. The second-order valence-corrected chi connectivity index (χ2v) is 7.06. The number of aromatic hydroxyl groups is 1. The molecule has 144 valence electrons. The third-order valence-electron chi connectivity index (χ3n) is 3.96. The number of benzene rings is 2. The van der Waals surface area contributed by atoms with Crippen molar-refractivity contribution in [1.82, 2.24) is 5.01 Å². The standard InChI is InChI=1S/C21H21N3O3S/c1-4-27-18-11-16(9-10-17(18)25)12-19-20(26)24(21(22-3)28-19)23-13-15-7-5-14(2)6-8-15/h5-13,25H,4H2,1-3H3/b19-12-,22-21?,23-13+. The zero-order valence-electron chi connectivity index (χ0n) is 15.9. The Morgan fingerprint density at radius 3 is 2.57 bits per heavy atom. The van der Waals surface area contributed by atoms with Crippen molar-refractivity contribution in [3.63, 3.8) is 0 Å². The first-order valence-corrected chi connectivity index (χ1v) is 9.60. The van der Waals surface area contributed by atoms with E-state index in [4.69, 9.17) is 4.74 Å². The summed E-state index contributed by atoms with van der Waals surface area (Å²) in [6.07, 6.45) is 3.38. The highest BCUT2D eigenvalue weighted by atomic mass is 32.2. The van der Waals surface area contributed by atoms with Crippen LogP contribution in [0.4, 0.5) is 0 Å². The summed E-state index contributed by atoms with van der Waals surface area (Å²) in [6.45, 7) is 4.30. The van der Waals surface area contributed by atoms with E-state index in [9.17, 15) is 9.90 Å². The number of phenolic OH excluding ortho intramolecular Hbond substituents is 1. The molecule has 1 aliphatic rings. The number of hydrogen-bond donors (Lipinski definition) is 1. The molecule has 2 aromatic rings. The highest BCUT2D eigenvalue weighted by Crippen LogP contribution is 2.34. The molecule has 1 N–H and O–H groups in total. The minimum Gasteiger partial charge on any atom is -0.504 e. The summed E-state index contributed by atoms with van der Waals surface area (Å²) in [5.41, 5.74) is 2.80. The predicted octanol–water partition coefficient (Wildman–Crippen LogP) is 4.04. The van der Waals surface area contributed by atoms with E-state index in [0.29, 0.717) is 22.4 Å². The van der Waals surface area contributed by atoms with Gasteiger partial charge in [-0.25, -0.2) is 0 Å². The highest BCUT2D eigenvalue weighted by Gasteiger charge is 2.33. The maximum Gasteiger partial charge on any atom is 0.287 e. The molecule has 1 amide bonds. The fraction of sp³-hybridized carbons (Fsp3) is 0.190. The Hall–Kier alpha value is -3.06. The van der Waals surface area contributed by atoms with Crippen LogP contribution in [-0.4, -0.2) is 41.1 Å². The predicted molar refractivity (Wildman–Crippen MR) is 114 cm³/mol. The van der Waals surface area contributed by atoms with E-state index in [-0.39, 0.29) is 11.7 Å². The zero-order chi connectivity index (χ0) is 20.1. The Morgan fingerprint density at radius 2 is 1.89 bits per heavy atom. The molecule has 0 radical (unpaired) electrons. The van der Waals surface area contributed by atoms with Crippen LogP contribution in [0, 0.1) is 6.92 Å². The molecule has 0 unspecified atom stereocenters. The lowest BCUT2D eigenvalue weighted by Crippen LogP contribution is -2.23. The number of ether oxygens (including phenoxy) is 1. The van der Waals surface area contributed by atoms with Gasteiger partial charge in [0.05, 0.1) is 17.7 Å². The number of aryl methyl sites for hydroxylation is 1. The second-order valence-electron chi connectivity index (χ2n) is 6.05. The van der Waals surface area contributed by atoms with E-state index >= 15 is 0 Å². The molecule has 1 aliphatic heterocycles. The lowest BCUT2D eigenvalue weighted by atomic mass is 10.2. The lowest BCUT2D eigenvalue weighted by Gasteiger charge is -2.07. The number of rotatable bonds is 5. The van der Waals surface area contributed by atoms with Crippen LogP contribution in [0.1, 0.15) is 23.6 Å². The number of carbonyl (C=O) groups excluding carboxylic acids is 1. The molecule has 0 bridgehead atoms. The zero-order valence-corrected chi connectivity index (χ0v) is 16.7. The molecular formula is C21H21N3O3S. The minimum absolute atomic E-state index is 0.0644. The van der Waals surface area contributed by atoms with Gasteiger partial charge in [-0.3, -0.25) is 9.79 Å². The van der Waals surface area contributed by atoms with Crippen molar-refractivity contribution in [2.45, 2.75) is 13.8 Å². The van der Waals surface area contributed by atoms with E-state index in [1.165, 1.54) is 16.8 Å². The largest absolute Gasteiger partial charge is 0.504 e. The van der Waals surface area contributed by atoms with Crippen LogP contribution in [0.25, 0.3) is 6.08 Å². The van der Waals surface area contributed by atoms with Crippen LogP contribution >= 0.6 is 11.8 Å². The van der Waals surface area contributed by atoms with Gasteiger partial charge in [0.25, 0.3) is 5.91 Å². The van der Waals surface area contributed by atoms with E-state index in [1.807, 2.05) is 38.1 Å². The van der Waals surface area contributed by atoms with Gasteiger partial charge >= 0.3 is 0 Å². The summed E-state index contributed by atoms with van der Waals surface area (Å²) < 4.78 is 5.40. The number of amidine groups is 1. The van der Waals surface area contributed by atoms with Gasteiger partial charge in [-0.15, -0.1) is 0 Å². The molecule has 3 rings (SSSR count). The van der Waals surface area contributed by atoms with E-state index in [0.717, 1.165) is 16.7 Å². The molecule has 0 saturated carbocycles. The van der Waals surface area contributed by atoms with Gasteiger partial charge in [-0.1, -0.05) is 35.9 Å². The molecule has 1 saturated heterocycles. The average molecular weight is 395 g/mol. The monoisotopic (exact) mass is 395 g/mol. The van der Waals surface area contributed by atoms with Gasteiger partial charge in [0.2, 0.25) is 0 Å². The van der Waals surface area contributed by atoms with Crippen molar-refractivity contribution in [3.8, 4) is 11.5 Å². The van der Waals surface area contributed by atoms with Crippen LogP contribution in [0.3, 0.4) is 0 Å². The maximum absolute atomic E-state index is 12.8. The molecule has 0 atom stereocenters. The van der Waals surface area contributed by atoms with Crippen molar-refractivity contribution in [2.24, 2.45) is 10.1 Å². The van der Waals surface area contributed by atoms with Crippen LogP contribution in [0.2, 0.25) is 0 Å². The molecule has 2 aromatic carbocycles. The Morgan fingerprint density at radius 1 is 1.18 bits per heavy atom. The smallest absolute Gasteiger partial charge is 0.287 e. The minimum atomic E-state index is -0.250. The normalized spacial score (nSPS) is 17.2. The summed E-state index contributed by atoms with van der Waals surface area (Å²) in [7, 11) is 1.63.